The number of rotatable bonds is 2. The Balaban J connectivity index is 2.09. The highest BCUT2D eigenvalue weighted by molar-refractivity contribution is 8.00. The maximum Gasteiger partial charge on any atom is 0.307 e. The molecule has 0 aromatic rings. The predicted octanol–water partition coefficient (Wildman–Crippen LogP) is 2.01. The lowest BCUT2D eigenvalue weighted by Gasteiger charge is -2.38. The topological polar surface area (TPSA) is 57.6 Å². The second kappa shape index (κ2) is 5.99. The molecule has 1 aliphatic heterocycles. The lowest BCUT2D eigenvalue weighted by Crippen LogP contribution is -2.48. The second-order valence-electron chi connectivity index (χ2n) is 5.49. The molecule has 1 heterocycles. The maximum atomic E-state index is 12.6. The first-order chi connectivity index (χ1) is 8.99. The third-order valence-electron chi connectivity index (χ3n) is 3.80. The number of hydrogen-bond acceptors (Lipinski definition) is 3. The van der Waals surface area contributed by atoms with Gasteiger partial charge in [0, 0.05) is 23.6 Å². The molecule has 4 atom stereocenters. The number of carboxylic acid groups (broad SMARTS) is 1. The summed E-state index contributed by atoms with van der Waals surface area (Å²) >= 11 is 1.89. The normalized spacial score (nSPS) is 35.2. The summed E-state index contributed by atoms with van der Waals surface area (Å²) in [6, 6.07) is 0. The van der Waals surface area contributed by atoms with E-state index in [1.54, 1.807) is 0 Å². The minimum atomic E-state index is -0.852. The van der Waals surface area contributed by atoms with E-state index >= 15 is 0 Å². The lowest BCUT2D eigenvalue weighted by atomic mass is 9.82. The molecule has 4 nitrogen and oxygen atoms in total. The summed E-state index contributed by atoms with van der Waals surface area (Å²) in [5.74, 6) is -1.77. The van der Waals surface area contributed by atoms with Crippen LogP contribution in [0.3, 0.4) is 0 Å². The van der Waals surface area contributed by atoms with Crippen LogP contribution >= 0.6 is 11.8 Å². The van der Waals surface area contributed by atoms with E-state index in [1.807, 2.05) is 28.8 Å². The summed E-state index contributed by atoms with van der Waals surface area (Å²) in [5.41, 5.74) is 0. The molecule has 0 radical (unpaired) electrons. The van der Waals surface area contributed by atoms with Gasteiger partial charge in [-0.2, -0.15) is 11.8 Å². The van der Waals surface area contributed by atoms with Crippen LogP contribution in [0.2, 0.25) is 0 Å². The molecule has 2 rings (SSSR count). The molecule has 2 unspecified atom stereocenters. The molecule has 0 spiro atoms. The zero-order valence-corrected chi connectivity index (χ0v) is 12.2. The summed E-state index contributed by atoms with van der Waals surface area (Å²) in [6.07, 6.45) is 4.84. The average molecular weight is 283 g/mol. The smallest absolute Gasteiger partial charge is 0.307 e. The van der Waals surface area contributed by atoms with Gasteiger partial charge < -0.3 is 10.0 Å². The van der Waals surface area contributed by atoms with Crippen LogP contribution in [-0.4, -0.2) is 45.5 Å². The predicted molar refractivity (Wildman–Crippen MR) is 76.1 cm³/mol. The summed E-state index contributed by atoms with van der Waals surface area (Å²) in [5, 5.41) is 10.1. The Hall–Kier alpha value is -0.970. The van der Waals surface area contributed by atoms with E-state index in [2.05, 4.69) is 13.8 Å². The van der Waals surface area contributed by atoms with Gasteiger partial charge in [0.15, 0.2) is 0 Å². The van der Waals surface area contributed by atoms with E-state index in [4.69, 9.17) is 0 Å². The van der Waals surface area contributed by atoms with Crippen molar-refractivity contribution < 1.29 is 14.7 Å². The molecular formula is C14H21NO3S. The van der Waals surface area contributed by atoms with Crippen LogP contribution in [0.25, 0.3) is 0 Å². The fourth-order valence-electron chi connectivity index (χ4n) is 2.95. The largest absolute Gasteiger partial charge is 0.481 e. The Labute approximate surface area is 118 Å². The lowest BCUT2D eigenvalue weighted by molar-refractivity contribution is -0.150. The second-order valence-corrected chi connectivity index (χ2v) is 7.38. The molecule has 1 N–H and O–H groups in total. The number of thioether (sulfide) groups is 1. The Morgan fingerprint density at radius 2 is 1.63 bits per heavy atom. The number of carbonyl (C=O) groups excluding carboxylic acids is 1. The first-order valence-electron chi connectivity index (χ1n) is 6.81. The monoisotopic (exact) mass is 283 g/mol. The molecule has 5 heteroatoms. The Kier molecular flexibility index (Phi) is 4.55. The molecule has 19 heavy (non-hydrogen) atoms. The zero-order chi connectivity index (χ0) is 14.0. The number of carboxylic acids is 1. The molecule has 1 aliphatic carbocycles. The Morgan fingerprint density at radius 3 is 2.16 bits per heavy atom. The van der Waals surface area contributed by atoms with E-state index < -0.39 is 11.9 Å². The number of allylic oxidation sites excluding steroid dienone is 2. The molecule has 0 aromatic carbocycles. The molecule has 0 aromatic heterocycles. The number of hydrogen-bond donors (Lipinski definition) is 1. The molecule has 2 aliphatic rings. The van der Waals surface area contributed by atoms with E-state index in [1.165, 1.54) is 0 Å². The van der Waals surface area contributed by atoms with Crippen LogP contribution < -0.4 is 0 Å². The fourth-order valence-corrected chi connectivity index (χ4v) is 4.28. The van der Waals surface area contributed by atoms with Crippen molar-refractivity contribution in [3.8, 4) is 0 Å². The number of aliphatic carboxylic acids is 1. The van der Waals surface area contributed by atoms with Gasteiger partial charge in [-0.3, -0.25) is 9.59 Å². The van der Waals surface area contributed by atoms with Crippen LogP contribution in [0.1, 0.15) is 26.7 Å². The van der Waals surface area contributed by atoms with Crippen molar-refractivity contribution >= 4 is 23.6 Å². The van der Waals surface area contributed by atoms with E-state index in [0.29, 0.717) is 23.3 Å². The standard InChI is InChI=1S/C14H21NO3S/c1-9-7-15(8-10(2)19-9)13(16)11-5-3-4-6-12(11)14(17)18/h3-4,9-12H,5-8H2,1-2H3,(H,17,18)/t9?,10?,11-,12+/m1/s1. The zero-order valence-electron chi connectivity index (χ0n) is 11.4. The van der Waals surface area contributed by atoms with Gasteiger partial charge in [-0.25, -0.2) is 0 Å². The fraction of sp³-hybridized carbons (Fsp3) is 0.714. The average Bonchev–Trinajstić information content (AvgIpc) is 2.36. The first-order valence-corrected chi connectivity index (χ1v) is 7.75. The van der Waals surface area contributed by atoms with Gasteiger partial charge in [-0.1, -0.05) is 26.0 Å². The highest BCUT2D eigenvalue weighted by Crippen LogP contribution is 2.31. The molecule has 1 saturated heterocycles. The minimum Gasteiger partial charge on any atom is -0.481 e. The Morgan fingerprint density at radius 1 is 1.11 bits per heavy atom. The number of carbonyl (C=O) groups is 2. The third-order valence-corrected chi connectivity index (χ3v) is 5.03. The van der Waals surface area contributed by atoms with E-state index in [0.717, 1.165) is 13.1 Å². The van der Waals surface area contributed by atoms with Gasteiger partial charge in [-0.15, -0.1) is 0 Å². The maximum absolute atomic E-state index is 12.6. The summed E-state index contributed by atoms with van der Waals surface area (Å²) < 4.78 is 0. The molecular weight excluding hydrogens is 262 g/mol. The van der Waals surface area contributed by atoms with Crippen molar-refractivity contribution in [1.29, 1.82) is 0 Å². The van der Waals surface area contributed by atoms with Crippen molar-refractivity contribution in [3.05, 3.63) is 12.2 Å². The van der Waals surface area contributed by atoms with Gasteiger partial charge in [0.25, 0.3) is 0 Å². The van der Waals surface area contributed by atoms with Crippen molar-refractivity contribution in [2.45, 2.75) is 37.2 Å². The Bertz CT molecular complexity index is 386. The first kappa shape index (κ1) is 14.4. The van der Waals surface area contributed by atoms with E-state index in [9.17, 15) is 14.7 Å². The summed E-state index contributed by atoms with van der Waals surface area (Å²) in [6.45, 7) is 5.72. The van der Waals surface area contributed by atoms with Crippen LogP contribution in [0.4, 0.5) is 0 Å². The van der Waals surface area contributed by atoms with Crippen molar-refractivity contribution in [1.82, 2.24) is 4.90 Å². The summed E-state index contributed by atoms with van der Waals surface area (Å²) in [7, 11) is 0. The SMILES string of the molecule is CC1CN(C(=O)[C@@H]2CC=CC[C@@H]2C(=O)O)CC(C)S1. The highest BCUT2D eigenvalue weighted by Gasteiger charge is 2.38. The van der Waals surface area contributed by atoms with Gasteiger partial charge in [-0.05, 0) is 12.8 Å². The van der Waals surface area contributed by atoms with Crippen LogP contribution in [0.5, 0.6) is 0 Å². The van der Waals surface area contributed by atoms with Gasteiger partial charge in [0.2, 0.25) is 5.91 Å². The third kappa shape index (κ3) is 3.32. The molecule has 0 saturated carbocycles. The van der Waals surface area contributed by atoms with Crippen molar-refractivity contribution in [2.75, 3.05) is 13.1 Å². The minimum absolute atomic E-state index is 0.0238. The molecule has 0 bridgehead atoms. The summed E-state index contributed by atoms with van der Waals surface area (Å²) in [4.78, 5) is 25.7. The van der Waals surface area contributed by atoms with Crippen LogP contribution in [-0.2, 0) is 9.59 Å². The van der Waals surface area contributed by atoms with Crippen molar-refractivity contribution in [3.63, 3.8) is 0 Å². The molecule has 1 fully saturated rings. The van der Waals surface area contributed by atoms with Crippen LogP contribution in [0, 0.1) is 11.8 Å². The van der Waals surface area contributed by atoms with Crippen molar-refractivity contribution in [2.24, 2.45) is 11.8 Å². The number of amides is 1. The molecule has 106 valence electrons. The quantitative estimate of drug-likeness (QED) is 0.788. The van der Waals surface area contributed by atoms with Gasteiger partial charge in [0.1, 0.15) is 0 Å². The van der Waals surface area contributed by atoms with E-state index in [-0.39, 0.29) is 11.8 Å². The van der Waals surface area contributed by atoms with Gasteiger partial charge in [0.05, 0.1) is 11.8 Å². The highest BCUT2D eigenvalue weighted by atomic mass is 32.2. The van der Waals surface area contributed by atoms with Gasteiger partial charge >= 0.3 is 5.97 Å². The number of nitrogens with zero attached hydrogens (tertiary/aromatic N) is 1. The van der Waals surface area contributed by atoms with Crippen LogP contribution in [0.15, 0.2) is 12.2 Å². The molecule has 1 amide bonds.